The first-order chi connectivity index (χ1) is 4.99. The standard InChI is InChI=1S/C6H7N3OS/c1-11(2,10)9-5-6(3-7)4-8/h5H,1-2H3. The molecule has 0 saturated carbocycles. The highest BCUT2D eigenvalue weighted by Crippen LogP contribution is 1.92. The summed E-state index contributed by atoms with van der Waals surface area (Å²) in [6, 6.07) is 3.21. The van der Waals surface area contributed by atoms with E-state index in [0.717, 1.165) is 6.20 Å². The van der Waals surface area contributed by atoms with Crippen molar-refractivity contribution in [2.45, 2.75) is 0 Å². The second kappa shape index (κ2) is 3.75. The van der Waals surface area contributed by atoms with E-state index in [1.807, 2.05) is 0 Å². The number of nitrogens with zero attached hydrogens (tertiary/aromatic N) is 3. The first kappa shape index (κ1) is 9.67. The molecule has 0 bridgehead atoms. The SMILES string of the molecule is CS(C)(=O)=NC=C(C#N)C#N. The lowest BCUT2D eigenvalue weighted by Crippen LogP contribution is -1.88. The molecule has 0 aromatic heterocycles. The van der Waals surface area contributed by atoms with Crippen LogP contribution in [0.25, 0.3) is 0 Å². The zero-order valence-electron chi connectivity index (χ0n) is 6.24. The van der Waals surface area contributed by atoms with E-state index in [0.29, 0.717) is 0 Å². The van der Waals surface area contributed by atoms with Crippen LogP contribution in [0.2, 0.25) is 0 Å². The fraction of sp³-hybridized carbons (Fsp3) is 0.333. The van der Waals surface area contributed by atoms with Crippen LogP contribution < -0.4 is 0 Å². The van der Waals surface area contributed by atoms with Crippen LogP contribution in [0, 0.1) is 22.7 Å². The minimum Gasteiger partial charge on any atom is -0.250 e. The molecule has 0 saturated heterocycles. The molecule has 0 aliphatic rings. The summed E-state index contributed by atoms with van der Waals surface area (Å²) >= 11 is 0. The molecular formula is C6H7N3OS. The van der Waals surface area contributed by atoms with Crippen molar-refractivity contribution in [3.63, 3.8) is 0 Å². The van der Waals surface area contributed by atoms with Crippen molar-refractivity contribution in [2.24, 2.45) is 4.36 Å². The third kappa shape index (κ3) is 5.13. The molecule has 0 aliphatic carbocycles. The van der Waals surface area contributed by atoms with Gasteiger partial charge >= 0.3 is 0 Å². The Kier molecular flexibility index (Phi) is 3.29. The number of allylic oxidation sites excluding steroid dienone is 1. The summed E-state index contributed by atoms with van der Waals surface area (Å²) in [5.74, 6) is 0. The molecule has 0 aromatic carbocycles. The van der Waals surface area contributed by atoms with Crippen molar-refractivity contribution < 1.29 is 4.21 Å². The predicted molar refractivity (Wildman–Crippen MR) is 41.7 cm³/mol. The third-order valence-corrected chi connectivity index (χ3v) is 1.29. The molecule has 5 heteroatoms. The molecule has 0 unspecified atom stereocenters. The highest BCUT2D eigenvalue weighted by atomic mass is 32.2. The van der Waals surface area contributed by atoms with E-state index in [-0.39, 0.29) is 5.57 Å². The van der Waals surface area contributed by atoms with E-state index in [1.165, 1.54) is 12.5 Å². The van der Waals surface area contributed by atoms with E-state index in [1.54, 1.807) is 12.1 Å². The quantitative estimate of drug-likeness (QED) is 0.540. The van der Waals surface area contributed by atoms with Gasteiger partial charge in [-0.2, -0.15) is 10.5 Å². The maximum atomic E-state index is 10.9. The Morgan fingerprint density at radius 2 is 1.91 bits per heavy atom. The van der Waals surface area contributed by atoms with Crippen LogP contribution in [-0.2, 0) is 9.73 Å². The molecular weight excluding hydrogens is 162 g/mol. The first-order valence-corrected chi connectivity index (χ1v) is 4.99. The lowest BCUT2D eigenvalue weighted by Gasteiger charge is -1.86. The van der Waals surface area contributed by atoms with Gasteiger partial charge in [-0.25, -0.2) is 8.57 Å². The van der Waals surface area contributed by atoms with E-state index < -0.39 is 9.73 Å². The first-order valence-electron chi connectivity index (χ1n) is 2.66. The Morgan fingerprint density at radius 3 is 2.18 bits per heavy atom. The number of rotatable bonds is 1. The summed E-state index contributed by atoms with van der Waals surface area (Å²) in [5.41, 5.74) is -0.138. The molecule has 0 radical (unpaired) electrons. The van der Waals surface area contributed by atoms with Crippen molar-refractivity contribution in [1.82, 2.24) is 0 Å². The predicted octanol–water partition coefficient (Wildman–Crippen LogP) is 0.645. The molecule has 0 heterocycles. The Bertz CT molecular complexity index is 336. The largest absolute Gasteiger partial charge is 0.250 e. The highest BCUT2D eigenvalue weighted by Gasteiger charge is 1.90. The van der Waals surface area contributed by atoms with Gasteiger partial charge in [-0.3, -0.25) is 0 Å². The molecule has 0 aliphatic heterocycles. The average Bonchev–Trinajstić information content (AvgIpc) is 1.88. The third-order valence-electron chi connectivity index (χ3n) is 0.677. The van der Waals surface area contributed by atoms with Gasteiger partial charge in [0.2, 0.25) is 0 Å². The normalized spacial score (nSPS) is 9.09. The van der Waals surface area contributed by atoms with E-state index in [4.69, 9.17) is 10.5 Å². The maximum absolute atomic E-state index is 10.9. The van der Waals surface area contributed by atoms with Gasteiger partial charge < -0.3 is 0 Å². The number of hydrogen-bond acceptors (Lipinski definition) is 4. The lowest BCUT2D eigenvalue weighted by atomic mass is 10.4. The molecule has 0 spiro atoms. The van der Waals surface area contributed by atoms with Crippen molar-refractivity contribution >= 4 is 9.73 Å². The van der Waals surface area contributed by atoms with Crippen LogP contribution in [0.15, 0.2) is 16.1 Å². The second-order valence-corrected chi connectivity index (χ2v) is 4.63. The minimum atomic E-state index is -2.24. The Balaban J connectivity index is 4.81. The summed E-state index contributed by atoms with van der Waals surface area (Å²) in [5, 5.41) is 16.5. The smallest absolute Gasteiger partial charge is 0.148 e. The van der Waals surface area contributed by atoms with Crippen LogP contribution in [-0.4, -0.2) is 16.7 Å². The van der Waals surface area contributed by atoms with Crippen molar-refractivity contribution in [3.05, 3.63) is 11.8 Å². The molecule has 4 nitrogen and oxygen atoms in total. The average molecular weight is 169 g/mol. The van der Waals surface area contributed by atoms with Crippen molar-refractivity contribution in [2.75, 3.05) is 12.5 Å². The Labute approximate surface area is 65.9 Å². The summed E-state index contributed by atoms with van der Waals surface area (Å²) in [7, 11) is -2.24. The zero-order chi connectivity index (χ0) is 8.91. The molecule has 0 amide bonds. The van der Waals surface area contributed by atoms with Gasteiger partial charge in [0.25, 0.3) is 0 Å². The van der Waals surface area contributed by atoms with Crippen molar-refractivity contribution in [3.8, 4) is 12.1 Å². The highest BCUT2D eigenvalue weighted by molar-refractivity contribution is 7.92. The van der Waals surface area contributed by atoms with E-state index in [9.17, 15) is 4.21 Å². The molecule has 0 rings (SSSR count). The summed E-state index contributed by atoms with van der Waals surface area (Å²) in [6.07, 6.45) is 3.88. The summed E-state index contributed by atoms with van der Waals surface area (Å²) < 4.78 is 14.4. The topological polar surface area (TPSA) is 77.0 Å². The van der Waals surface area contributed by atoms with Gasteiger partial charge in [0, 0.05) is 22.2 Å². The van der Waals surface area contributed by atoms with E-state index >= 15 is 0 Å². The van der Waals surface area contributed by atoms with Gasteiger partial charge in [-0.05, 0) is 0 Å². The van der Waals surface area contributed by atoms with Crippen LogP contribution in [0.3, 0.4) is 0 Å². The van der Waals surface area contributed by atoms with Gasteiger partial charge in [0.05, 0.1) is 6.20 Å². The van der Waals surface area contributed by atoms with Crippen molar-refractivity contribution in [1.29, 1.82) is 10.5 Å². The Hall–Kier alpha value is -1.33. The number of nitriles is 2. The minimum absolute atomic E-state index is 0.138. The molecule has 0 N–H and O–H groups in total. The monoisotopic (exact) mass is 169 g/mol. The summed E-state index contributed by atoms with van der Waals surface area (Å²) in [6.45, 7) is 0. The van der Waals surface area contributed by atoms with Gasteiger partial charge in [0.15, 0.2) is 0 Å². The van der Waals surface area contributed by atoms with E-state index in [2.05, 4.69) is 4.36 Å². The molecule has 0 fully saturated rings. The van der Waals surface area contributed by atoms with Crippen LogP contribution in [0.5, 0.6) is 0 Å². The van der Waals surface area contributed by atoms with Crippen LogP contribution >= 0.6 is 0 Å². The molecule has 0 atom stereocenters. The Morgan fingerprint density at radius 1 is 1.45 bits per heavy atom. The van der Waals surface area contributed by atoms with Gasteiger partial charge in [-0.1, -0.05) is 0 Å². The fourth-order valence-electron chi connectivity index (χ4n) is 0.262. The molecule has 0 aromatic rings. The summed E-state index contributed by atoms with van der Waals surface area (Å²) in [4.78, 5) is 0. The van der Waals surface area contributed by atoms with Gasteiger partial charge in [0.1, 0.15) is 17.7 Å². The van der Waals surface area contributed by atoms with Gasteiger partial charge in [-0.15, -0.1) is 0 Å². The lowest BCUT2D eigenvalue weighted by molar-refractivity contribution is 0.684. The fourth-order valence-corrected chi connectivity index (χ4v) is 0.622. The second-order valence-electron chi connectivity index (χ2n) is 2.05. The number of hydrogen-bond donors (Lipinski definition) is 0. The molecule has 11 heavy (non-hydrogen) atoms. The maximum Gasteiger partial charge on any atom is 0.148 e. The molecule has 58 valence electrons. The zero-order valence-corrected chi connectivity index (χ0v) is 7.05. The van der Waals surface area contributed by atoms with Crippen LogP contribution in [0.1, 0.15) is 0 Å². The van der Waals surface area contributed by atoms with Crippen LogP contribution in [0.4, 0.5) is 0 Å².